The Labute approximate surface area is 175 Å². The van der Waals surface area contributed by atoms with Gasteiger partial charge in [0.05, 0.1) is 23.2 Å². The summed E-state index contributed by atoms with van der Waals surface area (Å²) >= 11 is 1.58. The Bertz CT molecular complexity index is 769. The van der Waals surface area contributed by atoms with Gasteiger partial charge in [0.15, 0.2) is 0 Å². The molecule has 0 radical (unpaired) electrons. The van der Waals surface area contributed by atoms with Crippen molar-refractivity contribution >= 4 is 29.5 Å². The van der Waals surface area contributed by atoms with Crippen LogP contribution in [-0.2, 0) is 14.4 Å². The molecule has 2 fully saturated rings. The first-order valence-electron chi connectivity index (χ1n) is 10.4. The van der Waals surface area contributed by atoms with Crippen LogP contribution < -0.4 is 0 Å². The minimum Gasteiger partial charge on any atom is -0.395 e. The highest BCUT2D eigenvalue weighted by molar-refractivity contribution is 8.02. The van der Waals surface area contributed by atoms with Gasteiger partial charge in [0, 0.05) is 38.5 Å². The maximum absolute atomic E-state index is 13.6. The molecular formula is C21H29N3O4S. The molecule has 1 N–H and O–H groups in total. The number of hydrogen-bond acceptors (Lipinski definition) is 5. The summed E-state index contributed by atoms with van der Waals surface area (Å²) in [6.45, 7) is 3.69. The van der Waals surface area contributed by atoms with Crippen LogP contribution >= 0.6 is 11.8 Å². The Balaban J connectivity index is 1.79. The van der Waals surface area contributed by atoms with Gasteiger partial charge in [-0.1, -0.05) is 37.6 Å². The van der Waals surface area contributed by atoms with Gasteiger partial charge in [0.25, 0.3) is 0 Å². The van der Waals surface area contributed by atoms with Crippen LogP contribution in [0.2, 0.25) is 0 Å². The SMILES string of the molecule is CCCCN1CC=C[C@]23S[C@@H]4C=CCN(C)C(=O)[C@@H]4[C@H]2C(=O)N(CCO)C3C1=O. The molecule has 158 valence electrons. The van der Waals surface area contributed by atoms with E-state index in [-0.39, 0.29) is 36.1 Å². The number of thioether (sulfide) groups is 1. The smallest absolute Gasteiger partial charge is 0.247 e. The van der Waals surface area contributed by atoms with E-state index in [2.05, 4.69) is 6.92 Å². The zero-order valence-electron chi connectivity index (χ0n) is 17.0. The lowest BCUT2D eigenvalue weighted by Crippen LogP contribution is -2.53. The number of likely N-dealkylation sites (N-methyl/N-ethyl adjacent to an activating group) is 1. The zero-order valence-corrected chi connectivity index (χ0v) is 17.8. The molecule has 0 saturated carbocycles. The molecule has 0 bridgehead atoms. The van der Waals surface area contributed by atoms with E-state index in [0.29, 0.717) is 19.6 Å². The van der Waals surface area contributed by atoms with E-state index < -0.39 is 22.6 Å². The van der Waals surface area contributed by atoms with E-state index in [4.69, 9.17) is 0 Å². The summed E-state index contributed by atoms with van der Waals surface area (Å²) in [5, 5.41) is 9.48. The predicted molar refractivity (Wildman–Crippen MR) is 111 cm³/mol. The zero-order chi connectivity index (χ0) is 20.8. The Morgan fingerprint density at radius 3 is 2.66 bits per heavy atom. The number of nitrogens with zero attached hydrogens (tertiary/aromatic N) is 3. The third-order valence-corrected chi connectivity index (χ3v) is 8.31. The van der Waals surface area contributed by atoms with Crippen LogP contribution in [0.1, 0.15) is 19.8 Å². The van der Waals surface area contributed by atoms with Crippen molar-refractivity contribution in [2.75, 3.05) is 39.8 Å². The first kappa shape index (κ1) is 20.5. The van der Waals surface area contributed by atoms with Crippen molar-refractivity contribution in [1.82, 2.24) is 14.7 Å². The average molecular weight is 420 g/mol. The summed E-state index contributed by atoms with van der Waals surface area (Å²) < 4.78 is -0.766. The number of fused-ring (bicyclic) bond motifs is 2. The highest BCUT2D eigenvalue weighted by Crippen LogP contribution is 2.60. The molecule has 1 unspecified atom stereocenters. The van der Waals surface area contributed by atoms with Crippen molar-refractivity contribution in [3.8, 4) is 0 Å². The van der Waals surface area contributed by atoms with Gasteiger partial charge in [0.2, 0.25) is 17.7 Å². The van der Waals surface area contributed by atoms with Crippen LogP contribution in [0.4, 0.5) is 0 Å². The van der Waals surface area contributed by atoms with Gasteiger partial charge in [-0.05, 0) is 6.42 Å². The monoisotopic (exact) mass is 419 g/mol. The molecule has 8 heteroatoms. The fourth-order valence-corrected chi connectivity index (χ4v) is 7.21. The highest BCUT2D eigenvalue weighted by atomic mass is 32.2. The second kappa shape index (κ2) is 7.80. The molecule has 4 heterocycles. The summed E-state index contributed by atoms with van der Waals surface area (Å²) in [6, 6.07) is -0.675. The van der Waals surface area contributed by atoms with E-state index in [1.165, 1.54) is 4.90 Å². The molecule has 3 amide bonds. The largest absolute Gasteiger partial charge is 0.395 e. The lowest BCUT2D eigenvalue weighted by molar-refractivity contribution is -0.144. The quantitative estimate of drug-likeness (QED) is 0.657. The normalized spacial score (nSPS) is 36.2. The fourth-order valence-electron chi connectivity index (χ4n) is 5.21. The minimum absolute atomic E-state index is 0.0414. The Morgan fingerprint density at radius 2 is 1.93 bits per heavy atom. The molecular weight excluding hydrogens is 390 g/mol. The van der Waals surface area contributed by atoms with Crippen molar-refractivity contribution < 1.29 is 19.5 Å². The summed E-state index contributed by atoms with van der Waals surface area (Å²) in [5.74, 6) is -1.36. The van der Waals surface area contributed by atoms with Crippen LogP contribution in [0, 0.1) is 11.8 Å². The number of carbonyl (C=O) groups is 3. The van der Waals surface area contributed by atoms with E-state index in [9.17, 15) is 19.5 Å². The third kappa shape index (κ3) is 3.03. The Hall–Kier alpha value is -1.80. The number of likely N-dealkylation sites (tertiary alicyclic amines) is 1. The van der Waals surface area contributed by atoms with Gasteiger partial charge in [-0.15, -0.1) is 11.8 Å². The third-order valence-electron chi connectivity index (χ3n) is 6.57. The number of aliphatic hydroxyl groups is 1. The van der Waals surface area contributed by atoms with Crippen molar-refractivity contribution in [1.29, 1.82) is 0 Å². The molecule has 4 aliphatic rings. The molecule has 4 rings (SSSR count). The molecule has 0 aromatic heterocycles. The fraction of sp³-hybridized carbons (Fsp3) is 0.667. The lowest BCUT2D eigenvalue weighted by Gasteiger charge is -2.35. The average Bonchev–Trinajstić information content (AvgIpc) is 3.02. The van der Waals surface area contributed by atoms with Crippen molar-refractivity contribution in [3.63, 3.8) is 0 Å². The van der Waals surface area contributed by atoms with E-state index >= 15 is 0 Å². The van der Waals surface area contributed by atoms with Crippen LogP contribution in [0.3, 0.4) is 0 Å². The van der Waals surface area contributed by atoms with Gasteiger partial charge in [-0.2, -0.15) is 0 Å². The van der Waals surface area contributed by atoms with Gasteiger partial charge in [0.1, 0.15) is 6.04 Å². The van der Waals surface area contributed by atoms with Crippen LogP contribution in [0.25, 0.3) is 0 Å². The van der Waals surface area contributed by atoms with Gasteiger partial charge in [-0.25, -0.2) is 0 Å². The van der Waals surface area contributed by atoms with E-state index in [0.717, 1.165) is 12.8 Å². The summed E-state index contributed by atoms with van der Waals surface area (Å²) in [5.41, 5.74) is 0. The van der Waals surface area contributed by atoms with E-state index in [1.54, 1.807) is 23.7 Å². The van der Waals surface area contributed by atoms with Crippen LogP contribution in [0.5, 0.6) is 0 Å². The topological polar surface area (TPSA) is 81.2 Å². The minimum atomic E-state index is -0.766. The molecule has 1 spiro atoms. The number of β-amino-alcohol motifs (C(OH)–C–C–N with tert-alkyl or cyclic N) is 1. The van der Waals surface area contributed by atoms with Crippen LogP contribution in [0.15, 0.2) is 24.3 Å². The molecule has 7 nitrogen and oxygen atoms in total. The van der Waals surface area contributed by atoms with Gasteiger partial charge < -0.3 is 19.8 Å². The van der Waals surface area contributed by atoms with Gasteiger partial charge in [-0.3, -0.25) is 14.4 Å². The maximum atomic E-state index is 13.6. The highest BCUT2D eigenvalue weighted by Gasteiger charge is 2.70. The number of unbranched alkanes of at least 4 members (excludes halogenated alkanes) is 1. The first-order valence-corrected chi connectivity index (χ1v) is 11.3. The maximum Gasteiger partial charge on any atom is 0.247 e. The molecule has 4 aliphatic heterocycles. The molecule has 29 heavy (non-hydrogen) atoms. The number of carbonyl (C=O) groups excluding carboxylic acids is 3. The Morgan fingerprint density at radius 1 is 1.14 bits per heavy atom. The van der Waals surface area contributed by atoms with E-state index in [1.807, 2.05) is 29.2 Å². The first-order chi connectivity index (χ1) is 14.0. The van der Waals surface area contributed by atoms with Crippen molar-refractivity contribution in [2.24, 2.45) is 11.8 Å². The number of rotatable bonds is 5. The number of amides is 3. The molecule has 2 saturated heterocycles. The second-order valence-electron chi connectivity index (χ2n) is 8.28. The van der Waals surface area contributed by atoms with Crippen LogP contribution in [-0.4, -0.2) is 93.4 Å². The Kier molecular flexibility index (Phi) is 5.50. The molecule has 0 aromatic rings. The summed E-state index contributed by atoms with van der Waals surface area (Å²) in [7, 11) is 1.76. The number of aliphatic hydroxyl groups excluding tert-OH is 1. The lowest BCUT2D eigenvalue weighted by atomic mass is 9.78. The van der Waals surface area contributed by atoms with Crippen molar-refractivity contribution in [3.05, 3.63) is 24.3 Å². The summed E-state index contributed by atoms with van der Waals surface area (Å²) in [6.07, 6.45) is 9.90. The van der Waals surface area contributed by atoms with Crippen molar-refractivity contribution in [2.45, 2.75) is 35.8 Å². The summed E-state index contributed by atoms with van der Waals surface area (Å²) in [4.78, 5) is 45.3. The predicted octanol–water partition coefficient (Wildman–Crippen LogP) is 0.503. The number of hydrogen-bond donors (Lipinski definition) is 1. The standard InChI is InChI=1S/C21H29N3O4S/c1-3-4-10-23-11-6-8-21-16(19(27)24(12-13-25)17(21)20(23)28)15-14(29-21)7-5-9-22(2)18(15)26/h5-8,14-17,25H,3-4,9-13H2,1-2H3/t14-,15+,16+,17?,21+/m1/s1. The van der Waals surface area contributed by atoms with Gasteiger partial charge >= 0.3 is 0 Å². The molecule has 0 aliphatic carbocycles. The second-order valence-corrected chi connectivity index (χ2v) is 9.77. The molecule has 0 aromatic carbocycles. The molecule has 5 atom stereocenters.